The van der Waals surface area contributed by atoms with Crippen LogP contribution in [0, 0.1) is 5.41 Å². The number of phenolic OH excluding ortho intramolecular Hbond substituents is 2. The van der Waals surface area contributed by atoms with E-state index in [0.717, 1.165) is 25.7 Å². The van der Waals surface area contributed by atoms with Crippen molar-refractivity contribution in [2.75, 3.05) is 13.2 Å². The Morgan fingerprint density at radius 3 is 2.25 bits per heavy atom. The minimum absolute atomic E-state index is 0.0680. The molecule has 0 saturated heterocycles. The summed E-state index contributed by atoms with van der Waals surface area (Å²) in [5.41, 5.74) is -0.0151. The lowest BCUT2D eigenvalue weighted by Gasteiger charge is -2.35. The Kier molecular flexibility index (Phi) is 4.49. The van der Waals surface area contributed by atoms with Crippen molar-refractivity contribution >= 4 is 5.91 Å². The molecule has 4 N–H and O–H groups in total. The van der Waals surface area contributed by atoms with Gasteiger partial charge in [0.1, 0.15) is 11.5 Å². The zero-order chi connectivity index (χ0) is 14.6. The number of carbonyl (C=O) groups is 1. The molecule has 0 spiro atoms. The lowest BCUT2D eigenvalue weighted by molar-refractivity contribution is 0.0717. The maximum absolute atomic E-state index is 12.0. The van der Waals surface area contributed by atoms with Gasteiger partial charge in [0.15, 0.2) is 0 Å². The zero-order valence-electron chi connectivity index (χ0n) is 11.4. The summed E-state index contributed by atoms with van der Waals surface area (Å²) in [5.74, 6) is -0.649. The van der Waals surface area contributed by atoms with Crippen LogP contribution in [0.25, 0.3) is 0 Å². The van der Waals surface area contributed by atoms with Crippen LogP contribution >= 0.6 is 0 Å². The summed E-state index contributed by atoms with van der Waals surface area (Å²) < 4.78 is 0. The smallest absolute Gasteiger partial charge is 0.251 e. The predicted octanol–water partition coefficient (Wildman–Crippen LogP) is 1.77. The molecular formula is C15H21NO4. The normalized spacial score (nSPS) is 17.6. The summed E-state index contributed by atoms with van der Waals surface area (Å²) in [6.07, 6.45) is 5.15. The maximum atomic E-state index is 12.0. The number of benzene rings is 1. The lowest BCUT2D eigenvalue weighted by atomic mass is 9.74. The maximum Gasteiger partial charge on any atom is 0.251 e. The van der Waals surface area contributed by atoms with Crippen LogP contribution in [0.15, 0.2) is 18.2 Å². The number of hydrogen-bond donors (Lipinski definition) is 4. The third-order valence-corrected chi connectivity index (χ3v) is 4.04. The molecule has 20 heavy (non-hydrogen) atoms. The zero-order valence-corrected chi connectivity index (χ0v) is 11.4. The molecule has 0 aliphatic heterocycles. The van der Waals surface area contributed by atoms with Crippen LogP contribution < -0.4 is 5.32 Å². The summed E-state index contributed by atoms with van der Waals surface area (Å²) >= 11 is 0. The number of aliphatic hydroxyl groups is 1. The number of carbonyl (C=O) groups excluding carboxylic acids is 1. The van der Waals surface area contributed by atoms with Gasteiger partial charge < -0.3 is 20.6 Å². The van der Waals surface area contributed by atoms with E-state index in [9.17, 15) is 20.1 Å². The highest BCUT2D eigenvalue weighted by atomic mass is 16.3. The van der Waals surface area contributed by atoms with E-state index in [1.54, 1.807) is 0 Å². The number of aliphatic hydroxyl groups excluding tert-OH is 1. The van der Waals surface area contributed by atoms with Gasteiger partial charge in [-0.15, -0.1) is 0 Å². The molecule has 0 atom stereocenters. The largest absolute Gasteiger partial charge is 0.508 e. The highest BCUT2D eigenvalue weighted by Crippen LogP contribution is 2.35. The molecule has 0 bridgehead atoms. The Balaban J connectivity index is 2.00. The number of nitrogens with one attached hydrogen (secondary N) is 1. The highest BCUT2D eigenvalue weighted by Gasteiger charge is 2.31. The summed E-state index contributed by atoms with van der Waals surface area (Å²) in [4.78, 5) is 12.0. The molecule has 1 aromatic rings. The van der Waals surface area contributed by atoms with Crippen molar-refractivity contribution in [3.8, 4) is 11.5 Å². The van der Waals surface area contributed by atoms with E-state index in [-0.39, 0.29) is 35.0 Å². The third kappa shape index (κ3) is 3.42. The van der Waals surface area contributed by atoms with E-state index in [1.807, 2.05) is 0 Å². The van der Waals surface area contributed by atoms with Crippen LogP contribution in [0.4, 0.5) is 0 Å². The second-order valence-corrected chi connectivity index (χ2v) is 5.64. The van der Waals surface area contributed by atoms with Crippen molar-refractivity contribution in [3.05, 3.63) is 23.8 Å². The molecule has 1 saturated carbocycles. The molecule has 1 fully saturated rings. The number of amides is 1. The minimum atomic E-state index is -0.352. The van der Waals surface area contributed by atoms with Crippen LogP contribution in [0.5, 0.6) is 11.5 Å². The Labute approximate surface area is 118 Å². The fourth-order valence-electron chi connectivity index (χ4n) is 2.79. The Morgan fingerprint density at radius 2 is 1.70 bits per heavy atom. The van der Waals surface area contributed by atoms with E-state index >= 15 is 0 Å². The van der Waals surface area contributed by atoms with Crippen LogP contribution in [0.1, 0.15) is 42.5 Å². The van der Waals surface area contributed by atoms with E-state index in [1.165, 1.54) is 24.6 Å². The third-order valence-electron chi connectivity index (χ3n) is 4.04. The van der Waals surface area contributed by atoms with E-state index in [4.69, 9.17) is 0 Å². The molecule has 1 aliphatic carbocycles. The average molecular weight is 279 g/mol. The van der Waals surface area contributed by atoms with Gasteiger partial charge in [-0.1, -0.05) is 19.3 Å². The van der Waals surface area contributed by atoms with Gasteiger partial charge in [-0.3, -0.25) is 4.79 Å². The quantitative estimate of drug-likeness (QED) is 0.676. The van der Waals surface area contributed by atoms with Gasteiger partial charge in [-0.2, -0.15) is 0 Å². The van der Waals surface area contributed by atoms with Gasteiger partial charge in [-0.05, 0) is 25.0 Å². The Bertz CT molecular complexity index is 461. The van der Waals surface area contributed by atoms with Gasteiger partial charge in [0.2, 0.25) is 0 Å². The SMILES string of the molecule is O=C(NCC1(CO)CCCCC1)c1cc(O)cc(O)c1. The molecule has 1 aromatic carbocycles. The molecule has 2 rings (SSSR count). The number of phenols is 2. The van der Waals surface area contributed by atoms with Crippen LogP contribution in [-0.4, -0.2) is 34.4 Å². The van der Waals surface area contributed by atoms with Crippen LogP contribution in [0.3, 0.4) is 0 Å². The molecule has 1 amide bonds. The molecule has 5 heteroatoms. The van der Waals surface area contributed by atoms with Gasteiger partial charge in [0, 0.05) is 23.6 Å². The second kappa shape index (κ2) is 6.13. The standard InChI is InChI=1S/C15H21NO4/c17-10-15(4-2-1-3-5-15)9-16-14(20)11-6-12(18)8-13(19)7-11/h6-8,17-19H,1-5,9-10H2,(H,16,20). The monoisotopic (exact) mass is 279 g/mol. The molecule has 1 aliphatic rings. The van der Waals surface area contributed by atoms with Crippen molar-refractivity contribution in [1.29, 1.82) is 0 Å². The summed E-state index contributed by atoms with van der Waals surface area (Å²) in [6, 6.07) is 3.79. The molecular weight excluding hydrogens is 258 g/mol. The molecule has 0 aromatic heterocycles. The number of rotatable bonds is 4. The summed E-state index contributed by atoms with van der Waals surface area (Å²) in [5, 5.41) is 31.1. The highest BCUT2D eigenvalue weighted by molar-refractivity contribution is 5.95. The second-order valence-electron chi connectivity index (χ2n) is 5.64. The fourth-order valence-corrected chi connectivity index (χ4v) is 2.79. The van der Waals surface area contributed by atoms with Gasteiger partial charge in [0.05, 0.1) is 6.61 Å². The first-order chi connectivity index (χ1) is 9.54. The first kappa shape index (κ1) is 14.7. The Hall–Kier alpha value is -1.75. The first-order valence-electron chi connectivity index (χ1n) is 6.97. The molecule has 0 radical (unpaired) electrons. The Morgan fingerprint density at radius 1 is 1.10 bits per heavy atom. The van der Waals surface area contributed by atoms with Gasteiger partial charge in [0.25, 0.3) is 5.91 Å². The van der Waals surface area contributed by atoms with Gasteiger partial charge >= 0.3 is 0 Å². The number of hydrogen-bond acceptors (Lipinski definition) is 4. The summed E-state index contributed by atoms with van der Waals surface area (Å²) in [6.45, 7) is 0.483. The van der Waals surface area contributed by atoms with Crippen molar-refractivity contribution in [2.24, 2.45) is 5.41 Å². The lowest BCUT2D eigenvalue weighted by Crippen LogP contribution is -2.41. The topological polar surface area (TPSA) is 89.8 Å². The van der Waals surface area contributed by atoms with E-state index in [2.05, 4.69) is 5.32 Å². The van der Waals surface area contributed by atoms with Crippen molar-refractivity contribution in [3.63, 3.8) is 0 Å². The van der Waals surface area contributed by atoms with Crippen molar-refractivity contribution in [1.82, 2.24) is 5.32 Å². The van der Waals surface area contributed by atoms with Crippen molar-refractivity contribution in [2.45, 2.75) is 32.1 Å². The molecule has 0 heterocycles. The first-order valence-corrected chi connectivity index (χ1v) is 6.97. The minimum Gasteiger partial charge on any atom is -0.508 e. The van der Waals surface area contributed by atoms with Crippen LogP contribution in [-0.2, 0) is 0 Å². The predicted molar refractivity (Wildman–Crippen MR) is 74.7 cm³/mol. The average Bonchev–Trinajstić information content (AvgIpc) is 2.45. The van der Waals surface area contributed by atoms with Crippen molar-refractivity contribution < 1.29 is 20.1 Å². The van der Waals surface area contributed by atoms with Crippen LogP contribution in [0.2, 0.25) is 0 Å². The van der Waals surface area contributed by atoms with E-state index < -0.39 is 0 Å². The molecule has 0 unspecified atom stereocenters. The fraction of sp³-hybridized carbons (Fsp3) is 0.533. The van der Waals surface area contributed by atoms with Gasteiger partial charge in [-0.25, -0.2) is 0 Å². The molecule has 110 valence electrons. The van der Waals surface area contributed by atoms with E-state index in [0.29, 0.717) is 6.54 Å². The number of aromatic hydroxyl groups is 2. The molecule has 5 nitrogen and oxygen atoms in total. The summed E-state index contributed by atoms with van der Waals surface area (Å²) in [7, 11) is 0.